The van der Waals surface area contributed by atoms with Gasteiger partial charge >= 0.3 is 0 Å². The topological polar surface area (TPSA) is 61.9 Å². The number of aromatic nitrogens is 3. The molecule has 0 radical (unpaired) electrons. The third kappa shape index (κ3) is 3.38. The maximum Gasteiger partial charge on any atom is 0.258 e. The van der Waals surface area contributed by atoms with E-state index in [1.807, 2.05) is 43.4 Å². The summed E-state index contributed by atoms with van der Waals surface area (Å²) < 4.78 is 0. The Kier molecular flexibility index (Phi) is 4.25. The zero-order chi connectivity index (χ0) is 15.4. The van der Waals surface area contributed by atoms with Crippen LogP contribution in [0, 0.1) is 0 Å². The number of rotatable bonds is 5. The predicted octanol–water partition coefficient (Wildman–Crippen LogP) is 1.99. The SMILES string of the molecule is CN(CCc1ccccn1)Cc1nc2ccccc2c(=O)[nH]1. The largest absolute Gasteiger partial charge is 0.309 e. The van der Waals surface area contributed by atoms with E-state index in [1.54, 1.807) is 12.3 Å². The standard InChI is InChI=1S/C17H18N4O/c1-21(11-9-13-6-4-5-10-18-13)12-16-19-15-8-3-2-7-14(15)17(22)20-16/h2-8,10H,9,11-12H2,1H3,(H,19,20,22). The predicted molar refractivity (Wildman–Crippen MR) is 86.6 cm³/mol. The first-order valence-corrected chi connectivity index (χ1v) is 7.29. The molecule has 2 aromatic heterocycles. The molecule has 0 unspecified atom stereocenters. The van der Waals surface area contributed by atoms with E-state index in [1.165, 1.54) is 0 Å². The van der Waals surface area contributed by atoms with Gasteiger partial charge in [-0.3, -0.25) is 14.7 Å². The molecule has 0 atom stereocenters. The van der Waals surface area contributed by atoms with E-state index in [9.17, 15) is 4.79 Å². The molecule has 2 heterocycles. The summed E-state index contributed by atoms with van der Waals surface area (Å²) in [6, 6.07) is 13.3. The summed E-state index contributed by atoms with van der Waals surface area (Å²) in [5, 5.41) is 0.627. The van der Waals surface area contributed by atoms with Crippen LogP contribution in [-0.4, -0.2) is 33.4 Å². The van der Waals surface area contributed by atoms with Crippen molar-refractivity contribution in [1.29, 1.82) is 0 Å². The van der Waals surface area contributed by atoms with Crippen LogP contribution in [0.15, 0.2) is 53.5 Å². The van der Waals surface area contributed by atoms with Gasteiger partial charge in [0.05, 0.1) is 17.4 Å². The quantitative estimate of drug-likeness (QED) is 0.782. The maximum atomic E-state index is 12.0. The van der Waals surface area contributed by atoms with E-state index in [4.69, 9.17) is 0 Å². The van der Waals surface area contributed by atoms with Crippen LogP contribution in [0.3, 0.4) is 0 Å². The van der Waals surface area contributed by atoms with Crippen molar-refractivity contribution in [1.82, 2.24) is 19.9 Å². The van der Waals surface area contributed by atoms with E-state index >= 15 is 0 Å². The molecule has 1 aromatic carbocycles. The lowest BCUT2D eigenvalue weighted by atomic mass is 10.2. The van der Waals surface area contributed by atoms with E-state index < -0.39 is 0 Å². The third-order valence-corrected chi connectivity index (χ3v) is 3.56. The molecule has 3 aromatic rings. The fraction of sp³-hybridized carbons (Fsp3) is 0.235. The zero-order valence-corrected chi connectivity index (χ0v) is 12.5. The van der Waals surface area contributed by atoms with Gasteiger partial charge in [0, 0.05) is 24.9 Å². The highest BCUT2D eigenvalue weighted by Gasteiger charge is 2.06. The molecule has 22 heavy (non-hydrogen) atoms. The first-order valence-electron chi connectivity index (χ1n) is 7.29. The fourth-order valence-corrected chi connectivity index (χ4v) is 2.40. The van der Waals surface area contributed by atoms with Gasteiger partial charge in [0.15, 0.2) is 0 Å². The fourth-order valence-electron chi connectivity index (χ4n) is 2.40. The van der Waals surface area contributed by atoms with Gasteiger partial charge in [0.1, 0.15) is 5.82 Å². The number of likely N-dealkylation sites (N-methyl/N-ethyl adjacent to an activating group) is 1. The van der Waals surface area contributed by atoms with Crippen molar-refractivity contribution in [3.63, 3.8) is 0 Å². The number of pyridine rings is 1. The summed E-state index contributed by atoms with van der Waals surface area (Å²) in [6.45, 7) is 1.46. The van der Waals surface area contributed by atoms with E-state index in [0.29, 0.717) is 17.8 Å². The number of aromatic amines is 1. The van der Waals surface area contributed by atoms with E-state index in [0.717, 1.165) is 24.2 Å². The molecule has 3 rings (SSSR count). The summed E-state index contributed by atoms with van der Waals surface area (Å²) in [5.41, 5.74) is 1.72. The number of para-hydroxylation sites is 1. The molecule has 0 amide bonds. The first-order chi connectivity index (χ1) is 10.7. The molecule has 0 aliphatic rings. The van der Waals surface area contributed by atoms with Crippen molar-refractivity contribution < 1.29 is 0 Å². The number of nitrogens with zero attached hydrogens (tertiary/aromatic N) is 3. The summed E-state index contributed by atoms with van der Waals surface area (Å²) in [6.07, 6.45) is 2.67. The lowest BCUT2D eigenvalue weighted by Crippen LogP contribution is -2.24. The van der Waals surface area contributed by atoms with Crippen LogP contribution in [0.5, 0.6) is 0 Å². The monoisotopic (exact) mass is 294 g/mol. The number of hydrogen-bond donors (Lipinski definition) is 1. The van der Waals surface area contributed by atoms with Gasteiger partial charge in [-0.1, -0.05) is 18.2 Å². The molecule has 0 aliphatic heterocycles. The molecule has 5 heteroatoms. The minimum atomic E-state index is -0.0845. The smallest absolute Gasteiger partial charge is 0.258 e. The van der Waals surface area contributed by atoms with Gasteiger partial charge in [-0.2, -0.15) is 0 Å². The average Bonchev–Trinajstić information content (AvgIpc) is 2.54. The number of fused-ring (bicyclic) bond motifs is 1. The van der Waals surface area contributed by atoms with Crippen molar-refractivity contribution in [2.75, 3.05) is 13.6 Å². The van der Waals surface area contributed by atoms with Gasteiger partial charge < -0.3 is 4.98 Å². The summed E-state index contributed by atoms with van der Waals surface area (Å²) in [5.74, 6) is 0.687. The normalized spacial score (nSPS) is 11.2. The highest BCUT2D eigenvalue weighted by Crippen LogP contribution is 2.07. The minimum absolute atomic E-state index is 0.0845. The van der Waals surface area contributed by atoms with Gasteiger partial charge in [0.25, 0.3) is 5.56 Å². The first kappa shape index (κ1) is 14.4. The van der Waals surface area contributed by atoms with Gasteiger partial charge in [-0.05, 0) is 31.3 Å². The van der Waals surface area contributed by atoms with Crippen molar-refractivity contribution in [3.8, 4) is 0 Å². The van der Waals surface area contributed by atoms with Gasteiger partial charge in [-0.25, -0.2) is 4.98 Å². The number of H-pyrrole nitrogens is 1. The van der Waals surface area contributed by atoms with E-state index in [2.05, 4.69) is 19.9 Å². The zero-order valence-electron chi connectivity index (χ0n) is 12.5. The van der Waals surface area contributed by atoms with Crippen molar-refractivity contribution in [2.24, 2.45) is 0 Å². The molecule has 112 valence electrons. The van der Waals surface area contributed by atoms with E-state index in [-0.39, 0.29) is 5.56 Å². The van der Waals surface area contributed by atoms with Crippen molar-refractivity contribution in [2.45, 2.75) is 13.0 Å². The van der Waals surface area contributed by atoms with Crippen LogP contribution >= 0.6 is 0 Å². The Bertz CT molecular complexity index is 814. The maximum absolute atomic E-state index is 12.0. The van der Waals surface area contributed by atoms with Crippen LogP contribution in [0.1, 0.15) is 11.5 Å². The highest BCUT2D eigenvalue weighted by molar-refractivity contribution is 5.77. The summed E-state index contributed by atoms with van der Waals surface area (Å²) in [7, 11) is 2.01. The number of hydrogen-bond acceptors (Lipinski definition) is 4. The van der Waals surface area contributed by atoms with Crippen LogP contribution in [-0.2, 0) is 13.0 Å². The van der Waals surface area contributed by atoms with Crippen LogP contribution < -0.4 is 5.56 Å². The third-order valence-electron chi connectivity index (χ3n) is 3.56. The second kappa shape index (κ2) is 6.49. The molecule has 0 spiro atoms. The van der Waals surface area contributed by atoms with Gasteiger partial charge in [-0.15, -0.1) is 0 Å². The second-order valence-corrected chi connectivity index (χ2v) is 5.34. The Morgan fingerprint density at radius 2 is 1.95 bits per heavy atom. The highest BCUT2D eigenvalue weighted by atomic mass is 16.1. The van der Waals surface area contributed by atoms with Crippen molar-refractivity contribution >= 4 is 10.9 Å². The lowest BCUT2D eigenvalue weighted by molar-refractivity contribution is 0.321. The second-order valence-electron chi connectivity index (χ2n) is 5.34. The van der Waals surface area contributed by atoms with Crippen molar-refractivity contribution in [3.05, 3.63) is 70.5 Å². The summed E-state index contributed by atoms with van der Waals surface area (Å²) in [4.78, 5) is 25.8. The Hall–Kier alpha value is -2.53. The Morgan fingerprint density at radius 3 is 2.77 bits per heavy atom. The molecule has 0 fully saturated rings. The molecule has 1 N–H and O–H groups in total. The Labute approximate surface area is 128 Å². The molecule has 0 saturated carbocycles. The Morgan fingerprint density at radius 1 is 1.14 bits per heavy atom. The molecule has 0 saturated heterocycles. The lowest BCUT2D eigenvalue weighted by Gasteiger charge is -2.15. The summed E-state index contributed by atoms with van der Waals surface area (Å²) >= 11 is 0. The molecule has 5 nitrogen and oxygen atoms in total. The number of nitrogens with one attached hydrogen (secondary N) is 1. The Balaban J connectivity index is 1.69. The molecule has 0 aliphatic carbocycles. The minimum Gasteiger partial charge on any atom is -0.309 e. The van der Waals surface area contributed by atoms with Crippen LogP contribution in [0.25, 0.3) is 10.9 Å². The average molecular weight is 294 g/mol. The van der Waals surface area contributed by atoms with Gasteiger partial charge in [0.2, 0.25) is 0 Å². The van der Waals surface area contributed by atoms with Crippen LogP contribution in [0.4, 0.5) is 0 Å². The molecule has 0 bridgehead atoms. The molecular weight excluding hydrogens is 276 g/mol. The number of benzene rings is 1. The molecular formula is C17H18N4O. The van der Waals surface area contributed by atoms with Crippen LogP contribution in [0.2, 0.25) is 0 Å².